The molecule has 0 aromatic heterocycles. The standard InChI is InChI=1S/C14H8ClNO2/c15-14-11(9-17)4-2-6-13(14)18-12-5-1-3-10(7-12)8-16/h1-7,9H. The molecule has 0 saturated carbocycles. The van der Waals surface area contributed by atoms with Gasteiger partial charge in [-0.2, -0.15) is 5.26 Å². The molecule has 0 saturated heterocycles. The minimum absolute atomic E-state index is 0.259. The van der Waals surface area contributed by atoms with E-state index in [1.165, 1.54) is 0 Å². The summed E-state index contributed by atoms with van der Waals surface area (Å²) in [7, 11) is 0. The molecule has 0 aliphatic carbocycles. The molecular weight excluding hydrogens is 250 g/mol. The van der Waals surface area contributed by atoms with Gasteiger partial charge in [-0.25, -0.2) is 0 Å². The van der Waals surface area contributed by atoms with Crippen LogP contribution in [0, 0.1) is 11.3 Å². The van der Waals surface area contributed by atoms with Gasteiger partial charge in [0.15, 0.2) is 6.29 Å². The topological polar surface area (TPSA) is 50.1 Å². The number of hydrogen-bond acceptors (Lipinski definition) is 3. The second-order valence-electron chi connectivity index (χ2n) is 3.52. The van der Waals surface area contributed by atoms with E-state index in [-0.39, 0.29) is 5.02 Å². The first-order chi connectivity index (χ1) is 8.74. The third kappa shape index (κ3) is 2.50. The number of nitriles is 1. The molecule has 0 aliphatic heterocycles. The summed E-state index contributed by atoms with van der Waals surface area (Å²) in [6.07, 6.45) is 0.668. The molecule has 2 aromatic rings. The van der Waals surface area contributed by atoms with Gasteiger partial charge in [-0.15, -0.1) is 0 Å². The molecule has 0 amide bonds. The Morgan fingerprint density at radius 1 is 1.22 bits per heavy atom. The van der Waals surface area contributed by atoms with E-state index in [1.807, 2.05) is 6.07 Å². The van der Waals surface area contributed by atoms with Crippen molar-refractivity contribution in [3.63, 3.8) is 0 Å². The van der Waals surface area contributed by atoms with Gasteiger partial charge in [0, 0.05) is 5.56 Å². The Hall–Kier alpha value is -2.31. The molecule has 88 valence electrons. The molecule has 0 spiro atoms. The molecule has 0 bridgehead atoms. The van der Waals surface area contributed by atoms with Crippen molar-refractivity contribution in [2.75, 3.05) is 0 Å². The van der Waals surface area contributed by atoms with Crippen LogP contribution in [0.2, 0.25) is 5.02 Å². The molecule has 0 radical (unpaired) electrons. The SMILES string of the molecule is N#Cc1cccc(Oc2cccc(C=O)c2Cl)c1. The van der Waals surface area contributed by atoms with E-state index in [0.717, 1.165) is 0 Å². The highest BCUT2D eigenvalue weighted by Gasteiger charge is 2.07. The van der Waals surface area contributed by atoms with Crippen LogP contribution in [0.25, 0.3) is 0 Å². The van der Waals surface area contributed by atoms with Crippen LogP contribution in [0.15, 0.2) is 42.5 Å². The van der Waals surface area contributed by atoms with Crippen LogP contribution in [-0.4, -0.2) is 6.29 Å². The van der Waals surface area contributed by atoms with Gasteiger partial charge in [-0.1, -0.05) is 23.7 Å². The van der Waals surface area contributed by atoms with Crippen molar-refractivity contribution in [2.45, 2.75) is 0 Å². The number of nitrogens with zero attached hydrogens (tertiary/aromatic N) is 1. The number of benzene rings is 2. The van der Waals surface area contributed by atoms with Gasteiger partial charge in [-0.3, -0.25) is 4.79 Å². The van der Waals surface area contributed by atoms with Crippen molar-refractivity contribution in [2.24, 2.45) is 0 Å². The first-order valence-electron chi connectivity index (χ1n) is 5.16. The minimum Gasteiger partial charge on any atom is -0.456 e. The highest BCUT2D eigenvalue weighted by Crippen LogP contribution is 2.31. The maximum absolute atomic E-state index is 10.7. The van der Waals surface area contributed by atoms with E-state index in [0.29, 0.717) is 28.9 Å². The van der Waals surface area contributed by atoms with Gasteiger partial charge >= 0.3 is 0 Å². The Morgan fingerprint density at radius 2 is 2.00 bits per heavy atom. The van der Waals surface area contributed by atoms with E-state index in [2.05, 4.69) is 0 Å². The Balaban J connectivity index is 2.34. The van der Waals surface area contributed by atoms with Gasteiger partial charge in [0.2, 0.25) is 0 Å². The summed E-state index contributed by atoms with van der Waals surface area (Å²) in [6, 6.07) is 13.7. The van der Waals surface area contributed by atoms with Crippen LogP contribution in [0.1, 0.15) is 15.9 Å². The highest BCUT2D eigenvalue weighted by atomic mass is 35.5. The van der Waals surface area contributed by atoms with Crippen LogP contribution < -0.4 is 4.74 Å². The van der Waals surface area contributed by atoms with Crippen molar-refractivity contribution in [3.8, 4) is 17.6 Å². The second-order valence-corrected chi connectivity index (χ2v) is 3.90. The van der Waals surface area contributed by atoms with E-state index in [4.69, 9.17) is 21.6 Å². The van der Waals surface area contributed by atoms with Gasteiger partial charge in [0.1, 0.15) is 11.5 Å². The van der Waals surface area contributed by atoms with Crippen LogP contribution in [0.4, 0.5) is 0 Å². The zero-order valence-electron chi connectivity index (χ0n) is 9.26. The van der Waals surface area contributed by atoms with Crippen LogP contribution in [-0.2, 0) is 0 Å². The predicted molar refractivity (Wildman–Crippen MR) is 68.1 cm³/mol. The smallest absolute Gasteiger partial charge is 0.151 e. The molecule has 4 heteroatoms. The lowest BCUT2D eigenvalue weighted by atomic mass is 10.2. The third-order valence-electron chi connectivity index (χ3n) is 2.31. The molecule has 0 heterocycles. The summed E-state index contributed by atoms with van der Waals surface area (Å²) in [6.45, 7) is 0. The van der Waals surface area contributed by atoms with Crippen molar-refractivity contribution in [3.05, 3.63) is 58.6 Å². The lowest BCUT2D eigenvalue weighted by Gasteiger charge is -2.08. The molecule has 2 rings (SSSR count). The number of rotatable bonds is 3. The number of aldehydes is 1. The van der Waals surface area contributed by atoms with E-state index >= 15 is 0 Å². The molecule has 0 atom stereocenters. The van der Waals surface area contributed by atoms with E-state index in [9.17, 15) is 4.79 Å². The van der Waals surface area contributed by atoms with Gasteiger partial charge < -0.3 is 4.74 Å². The molecule has 0 unspecified atom stereocenters. The third-order valence-corrected chi connectivity index (χ3v) is 2.72. The summed E-state index contributed by atoms with van der Waals surface area (Å²) in [5.41, 5.74) is 0.862. The van der Waals surface area contributed by atoms with Gasteiger partial charge in [0.25, 0.3) is 0 Å². The fourth-order valence-electron chi connectivity index (χ4n) is 1.45. The fourth-order valence-corrected chi connectivity index (χ4v) is 1.66. The first-order valence-corrected chi connectivity index (χ1v) is 5.54. The van der Waals surface area contributed by atoms with Gasteiger partial charge in [0.05, 0.1) is 16.7 Å². The number of carbonyl (C=O) groups is 1. The Bertz CT molecular complexity index is 632. The minimum atomic E-state index is 0.259. The summed E-state index contributed by atoms with van der Waals surface area (Å²) in [4.78, 5) is 10.7. The summed E-state index contributed by atoms with van der Waals surface area (Å²) in [5, 5.41) is 9.05. The Labute approximate surface area is 109 Å². The van der Waals surface area contributed by atoms with Crippen molar-refractivity contribution >= 4 is 17.9 Å². The van der Waals surface area contributed by atoms with Crippen molar-refractivity contribution in [1.82, 2.24) is 0 Å². The van der Waals surface area contributed by atoms with Crippen molar-refractivity contribution < 1.29 is 9.53 Å². The van der Waals surface area contributed by atoms with Crippen LogP contribution in [0.3, 0.4) is 0 Å². The fraction of sp³-hybridized carbons (Fsp3) is 0. The molecule has 0 fully saturated rings. The van der Waals surface area contributed by atoms with Crippen LogP contribution in [0.5, 0.6) is 11.5 Å². The number of hydrogen-bond donors (Lipinski definition) is 0. The molecule has 0 N–H and O–H groups in total. The second kappa shape index (κ2) is 5.35. The molecule has 18 heavy (non-hydrogen) atoms. The normalized spacial score (nSPS) is 9.56. The highest BCUT2D eigenvalue weighted by molar-refractivity contribution is 6.34. The number of halogens is 1. The Kier molecular flexibility index (Phi) is 3.61. The van der Waals surface area contributed by atoms with Gasteiger partial charge in [-0.05, 0) is 30.3 Å². The lowest BCUT2D eigenvalue weighted by Crippen LogP contribution is -1.89. The summed E-state index contributed by atoms with van der Waals surface area (Å²) < 4.78 is 5.55. The maximum atomic E-state index is 10.7. The zero-order chi connectivity index (χ0) is 13.0. The average Bonchev–Trinajstić information content (AvgIpc) is 2.41. The largest absolute Gasteiger partial charge is 0.456 e. The molecular formula is C14H8ClNO2. The summed E-state index contributed by atoms with van der Waals surface area (Å²) in [5.74, 6) is 0.885. The zero-order valence-corrected chi connectivity index (χ0v) is 10.0. The average molecular weight is 258 g/mol. The van der Waals surface area contributed by atoms with E-state index < -0.39 is 0 Å². The van der Waals surface area contributed by atoms with E-state index in [1.54, 1.807) is 42.5 Å². The quantitative estimate of drug-likeness (QED) is 0.786. The molecule has 0 aliphatic rings. The molecule has 3 nitrogen and oxygen atoms in total. The maximum Gasteiger partial charge on any atom is 0.151 e. The molecule has 2 aromatic carbocycles. The monoisotopic (exact) mass is 257 g/mol. The van der Waals surface area contributed by atoms with Crippen molar-refractivity contribution in [1.29, 1.82) is 5.26 Å². The summed E-state index contributed by atoms with van der Waals surface area (Å²) >= 11 is 6.01. The van der Waals surface area contributed by atoms with Crippen LogP contribution >= 0.6 is 11.6 Å². The Morgan fingerprint density at radius 3 is 2.72 bits per heavy atom. The number of carbonyl (C=O) groups excluding carboxylic acids is 1. The number of ether oxygens (including phenoxy) is 1. The lowest BCUT2D eigenvalue weighted by molar-refractivity contribution is 0.112. The predicted octanol–water partition coefficient (Wildman–Crippen LogP) is 3.82. The first kappa shape index (κ1) is 12.2.